The minimum Gasteiger partial charge on any atom is -0.337 e. The molecule has 7 nitrogen and oxygen atoms in total. The lowest BCUT2D eigenvalue weighted by atomic mass is 9.96. The van der Waals surface area contributed by atoms with Crippen LogP contribution >= 0.6 is 11.6 Å². The van der Waals surface area contributed by atoms with E-state index in [1.165, 1.54) is 9.80 Å². The van der Waals surface area contributed by atoms with Gasteiger partial charge in [0.2, 0.25) is 5.91 Å². The number of benzene rings is 3. The Kier molecular flexibility index (Phi) is 7.47. The van der Waals surface area contributed by atoms with Gasteiger partial charge in [-0.15, -0.1) is 0 Å². The highest BCUT2D eigenvalue weighted by Crippen LogP contribution is 2.37. The zero-order valence-electron chi connectivity index (χ0n) is 21.1. The third-order valence-electron chi connectivity index (χ3n) is 7.06. The van der Waals surface area contributed by atoms with Crippen molar-refractivity contribution in [2.45, 2.75) is 19.0 Å². The van der Waals surface area contributed by atoms with E-state index in [9.17, 15) is 14.4 Å². The molecule has 38 heavy (non-hydrogen) atoms. The first-order valence-electron chi connectivity index (χ1n) is 12.6. The molecule has 8 heteroatoms. The largest absolute Gasteiger partial charge is 0.337 e. The van der Waals surface area contributed by atoms with Crippen molar-refractivity contribution in [2.75, 3.05) is 26.7 Å². The van der Waals surface area contributed by atoms with Gasteiger partial charge in [-0.05, 0) is 29.2 Å². The Bertz CT molecular complexity index is 1380. The maximum atomic E-state index is 13.7. The van der Waals surface area contributed by atoms with Crippen LogP contribution in [0.4, 0.5) is 4.79 Å². The van der Waals surface area contributed by atoms with E-state index >= 15 is 0 Å². The van der Waals surface area contributed by atoms with Crippen LogP contribution in [0.2, 0.25) is 5.02 Å². The molecule has 1 unspecified atom stereocenters. The summed E-state index contributed by atoms with van der Waals surface area (Å²) >= 11 is 6.43. The molecule has 0 aromatic heterocycles. The van der Waals surface area contributed by atoms with Crippen LogP contribution in [-0.4, -0.2) is 59.2 Å². The molecule has 2 heterocycles. The lowest BCUT2D eigenvalue weighted by Gasteiger charge is -2.31. The molecule has 1 atom stereocenters. The summed E-state index contributed by atoms with van der Waals surface area (Å²) in [4.78, 5) is 44.8. The smallest absolute Gasteiger partial charge is 0.322 e. The van der Waals surface area contributed by atoms with Gasteiger partial charge in [0.1, 0.15) is 6.54 Å². The first-order valence-corrected chi connectivity index (χ1v) is 13.0. The van der Waals surface area contributed by atoms with Crippen molar-refractivity contribution >= 4 is 29.4 Å². The van der Waals surface area contributed by atoms with E-state index in [4.69, 9.17) is 11.6 Å². The van der Waals surface area contributed by atoms with Crippen molar-refractivity contribution in [1.29, 1.82) is 0 Å². The van der Waals surface area contributed by atoms with E-state index in [0.29, 0.717) is 41.4 Å². The third-order valence-corrected chi connectivity index (χ3v) is 7.40. The minimum absolute atomic E-state index is 0.0786. The van der Waals surface area contributed by atoms with E-state index in [1.807, 2.05) is 66.7 Å². The van der Waals surface area contributed by atoms with Gasteiger partial charge in [0.05, 0.1) is 23.9 Å². The second-order valence-corrected chi connectivity index (χ2v) is 9.93. The molecule has 2 aliphatic heterocycles. The van der Waals surface area contributed by atoms with Gasteiger partial charge in [0, 0.05) is 25.2 Å². The molecular weight excluding hydrogens is 500 g/mol. The van der Waals surface area contributed by atoms with Crippen LogP contribution in [0.25, 0.3) is 0 Å². The molecule has 1 N–H and O–H groups in total. The van der Waals surface area contributed by atoms with E-state index in [-0.39, 0.29) is 30.9 Å². The molecule has 0 aliphatic carbocycles. The summed E-state index contributed by atoms with van der Waals surface area (Å²) in [6.07, 6.45) is 0.706. The molecule has 0 bridgehead atoms. The molecule has 0 radical (unpaired) electrons. The molecule has 3 aromatic rings. The monoisotopic (exact) mass is 528 g/mol. The molecule has 4 amide bonds. The number of halogens is 1. The standard InChI is InChI=1S/C30H29ClN4O3/c1-33-25-19-35(29(37)27(25)28(32-30(33)38)23-14-8-9-15-24(23)31)20-26(36)34(18-22-12-6-3-7-13-22)17-16-21-10-4-2-5-11-21/h2-15,28H,16-20H2,1H3,(H,32,38). The van der Waals surface area contributed by atoms with Crippen molar-refractivity contribution in [1.82, 2.24) is 20.0 Å². The molecule has 0 spiro atoms. The van der Waals surface area contributed by atoms with Crippen LogP contribution < -0.4 is 5.32 Å². The number of nitrogens with one attached hydrogen (secondary N) is 1. The Hall–Kier alpha value is -4.10. The normalized spacial score (nSPS) is 16.9. The Morgan fingerprint density at radius 3 is 2.26 bits per heavy atom. The lowest BCUT2D eigenvalue weighted by molar-refractivity contribution is -0.138. The van der Waals surface area contributed by atoms with Crippen molar-refractivity contribution in [3.05, 3.63) is 118 Å². The van der Waals surface area contributed by atoms with Crippen molar-refractivity contribution in [2.24, 2.45) is 0 Å². The van der Waals surface area contributed by atoms with Gasteiger partial charge in [-0.1, -0.05) is 90.5 Å². The summed E-state index contributed by atoms with van der Waals surface area (Å²) in [5.74, 6) is -0.415. The third kappa shape index (κ3) is 5.29. The van der Waals surface area contributed by atoms with Crippen LogP contribution in [0.3, 0.4) is 0 Å². The summed E-state index contributed by atoms with van der Waals surface area (Å²) in [6.45, 7) is 1.08. The van der Waals surface area contributed by atoms with Crippen LogP contribution in [0.15, 0.2) is 96.2 Å². The highest BCUT2D eigenvalue weighted by molar-refractivity contribution is 6.31. The number of hydrogen-bond acceptors (Lipinski definition) is 3. The van der Waals surface area contributed by atoms with Gasteiger partial charge >= 0.3 is 6.03 Å². The fourth-order valence-electron chi connectivity index (χ4n) is 4.96. The van der Waals surface area contributed by atoms with Gasteiger partial charge in [-0.2, -0.15) is 0 Å². The first kappa shape index (κ1) is 25.5. The molecule has 5 rings (SSSR count). The number of carbonyl (C=O) groups excluding carboxylic acids is 3. The fourth-order valence-corrected chi connectivity index (χ4v) is 5.21. The van der Waals surface area contributed by atoms with Crippen LogP contribution in [0.1, 0.15) is 22.7 Å². The average Bonchev–Trinajstić information content (AvgIpc) is 3.26. The Balaban J connectivity index is 1.36. The summed E-state index contributed by atoms with van der Waals surface area (Å²) in [6, 6.07) is 26.0. The quantitative estimate of drug-likeness (QED) is 0.471. The Morgan fingerprint density at radius 2 is 1.58 bits per heavy atom. The number of nitrogens with zero attached hydrogens (tertiary/aromatic N) is 3. The second kappa shape index (κ2) is 11.1. The van der Waals surface area contributed by atoms with Gasteiger partial charge in [0.15, 0.2) is 0 Å². The van der Waals surface area contributed by atoms with E-state index < -0.39 is 6.04 Å². The maximum Gasteiger partial charge on any atom is 0.322 e. The van der Waals surface area contributed by atoms with Crippen molar-refractivity contribution in [3.63, 3.8) is 0 Å². The predicted octanol–water partition coefficient (Wildman–Crippen LogP) is 4.40. The maximum absolute atomic E-state index is 13.7. The van der Waals surface area contributed by atoms with Gasteiger partial charge in [-0.25, -0.2) is 4.79 Å². The Labute approximate surface area is 227 Å². The number of hydrogen-bond donors (Lipinski definition) is 1. The van der Waals surface area contributed by atoms with Gasteiger partial charge < -0.3 is 15.1 Å². The summed E-state index contributed by atoms with van der Waals surface area (Å²) in [7, 11) is 1.63. The number of carbonyl (C=O) groups is 3. The zero-order chi connectivity index (χ0) is 26.6. The van der Waals surface area contributed by atoms with E-state index in [2.05, 4.69) is 5.32 Å². The van der Waals surface area contributed by atoms with Crippen LogP contribution in [0.5, 0.6) is 0 Å². The summed E-state index contributed by atoms with van der Waals surface area (Å²) in [5.41, 5.74) is 3.86. The lowest BCUT2D eigenvalue weighted by Crippen LogP contribution is -2.45. The Morgan fingerprint density at radius 1 is 0.947 bits per heavy atom. The fraction of sp³-hybridized carbons (Fsp3) is 0.233. The highest BCUT2D eigenvalue weighted by atomic mass is 35.5. The number of amides is 4. The van der Waals surface area contributed by atoms with E-state index in [0.717, 1.165) is 11.1 Å². The number of likely N-dealkylation sites (N-methyl/N-ethyl adjacent to an activating group) is 1. The van der Waals surface area contributed by atoms with Crippen molar-refractivity contribution in [3.8, 4) is 0 Å². The van der Waals surface area contributed by atoms with Crippen molar-refractivity contribution < 1.29 is 14.4 Å². The molecule has 0 fully saturated rings. The SMILES string of the molecule is CN1C(=O)NC(c2ccccc2Cl)C2=C1CN(CC(=O)N(CCc1ccccc1)Cc1ccccc1)C2=O. The topological polar surface area (TPSA) is 73.0 Å². The summed E-state index contributed by atoms with van der Waals surface area (Å²) < 4.78 is 0. The number of rotatable bonds is 8. The molecule has 0 saturated heterocycles. The van der Waals surface area contributed by atoms with Gasteiger partial charge in [-0.3, -0.25) is 14.5 Å². The zero-order valence-corrected chi connectivity index (χ0v) is 21.9. The number of urea groups is 1. The summed E-state index contributed by atoms with van der Waals surface area (Å²) in [5, 5.41) is 3.36. The average molecular weight is 529 g/mol. The van der Waals surface area contributed by atoms with Crippen LogP contribution in [-0.2, 0) is 22.6 Å². The molecular formula is C30H29ClN4O3. The molecule has 2 aliphatic rings. The molecule has 3 aromatic carbocycles. The van der Waals surface area contributed by atoms with Gasteiger partial charge in [0.25, 0.3) is 5.91 Å². The minimum atomic E-state index is -0.673. The highest BCUT2D eigenvalue weighted by Gasteiger charge is 2.44. The van der Waals surface area contributed by atoms with Crippen LogP contribution in [0, 0.1) is 0 Å². The predicted molar refractivity (Wildman–Crippen MR) is 146 cm³/mol. The molecule has 0 saturated carbocycles. The molecule has 194 valence electrons. The first-order chi connectivity index (χ1) is 18.4. The van der Waals surface area contributed by atoms with E-state index in [1.54, 1.807) is 30.1 Å². The second-order valence-electron chi connectivity index (χ2n) is 9.52.